The van der Waals surface area contributed by atoms with E-state index in [1.807, 2.05) is 0 Å². The first-order valence-corrected chi connectivity index (χ1v) is 11.7. The standard InChI is InChI=1S/C20H24F2N2O4S2/c1-4-24(5-2)30(26,27)16-11-12-18(28-6-3)17(13-16)23-19(25)14-7-9-15(10-8-14)29-20(21)22/h7-13,20H,4-6H2,1-3H3,(H,23,25). The molecule has 0 radical (unpaired) electrons. The van der Waals surface area contributed by atoms with Crippen LogP contribution in [0.15, 0.2) is 52.3 Å². The number of thioether (sulfide) groups is 1. The molecule has 0 saturated carbocycles. The van der Waals surface area contributed by atoms with Crippen LogP contribution in [0.4, 0.5) is 14.5 Å². The normalized spacial score (nSPS) is 11.7. The number of hydrogen-bond acceptors (Lipinski definition) is 5. The van der Waals surface area contributed by atoms with Crippen molar-refractivity contribution in [3.05, 3.63) is 48.0 Å². The van der Waals surface area contributed by atoms with Crippen LogP contribution in [0.2, 0.25) is 0 Å². The molecule has 0 atom stereocenters. The fourth-order valence-electron chi connectivity index (χ4n) is 2.74. The highest BCUT2D eigenvalue weighted by Crippen LogP contribution is 2.30. The number of rotatable bonds is 10. The number of carbonyl (C=O) groups is 1. The highest BCUT2D eigenvalue weighted by Gasteiger charge is 2.23. The first-order chi connectivity index (χ1) is 14.2. The SMILES string of the molecule is CCOc1ccc(S(=O)(=O)N(CC)CC)cc1NC(=O)c1ccc(SC(F)F)cc1. The van der Waals surface area contributed by atoms with Crippen molar-refractivity contribution in [2.24, 2.45) is 0 Å². The Morgan fingerprint density at radius 2 is 1.73 bits per heavy atom. The summed E-state index contributed by atoms with van der Waals surface area (Å²) in [4.78, 5) is 13.0. The number of benzene rings is 2. The summed E-state index contributed by atoms with van der Waals surface area (Å²) in [5, 5.41) is 2.66. The van der Waals surface area contributed by atoms with Crippen molar-refractivity contribution in [2.45, 2.75) is 36.3 Å². The Labute approximate surface area is 179 Å². The molecule has 164 valence electrons. The first kappa shape index (κ1) is 24.1. The number of nitrogens with zero attached hydrogens (tertiary/aromatic N) is 1. The van der Waals surface area contributed by atoms with E-state index < -0.39 is 21.7 Å². The first-order valence-electron chi connectivity index (χ1n) is 9.36. The van der Waals surface area contributed by atoms with Gasteiger partial charge in [-0.25, -0.2) is 8.42 Å². The van der Waals surface area contributed by atoms with Gasteiger partial charge in [0.1, 0.15) is 5.75 Å². The average molecular weight is 459 g/mol. The van der Waals surface area contributed by atoms with Gasteiger partial charge in [-0.15, -0.1) is 0 Å². The molecule has 2 rings (SSSR count). The second-order valence-corrected chi connectivity index (χ2v) is 9.04. The summed E-state index contributed by atoms with van der Waals surface area (Å²) in [5.41, 5.74) is 0.453. The lowest BCUT2D eigenvalue weighted by Crippen LogP contribution is -2.30. The third-order valence-electron chi connectivity index (χ3n) is 4.18. The van der Waals surface area contributed by atoms with E-state index in [2.05, 4.69) is 5.32 Å². The van der Waals surface area contributed by atoms with Crippen molar-refractivity contribution in [2.75, 3.05) is 25.0 Å². The summed E-state index contributed by atoms with van der Waals surface area (Å²) in [6, 6.07) is 10.0. The Balaban J connectivity index is 2.33. The lowest BCUT2D eigenvalue weighted by atomic mass is 10.2. The third-order valence-corrected chi connectivity index (χ3v) is 6.95. The number of alkyl halides is 2. The molecule has 0 saturated heterocycles. The lowest BCUT2D eigenvalue weighted by molar-refractivity contribution is 0.102. The van der Waals surface area contributed by atoms with E-state index in [0.717, 1.165) is 0 Å². The maximum Gasteiger partial charge on any atom is 0.288 e. The predicted molar refractivity (Wildman–Crippen MR) is 114 cm³/mol. The van der Waals surface area contributed by atoms with Gasteiger partial charge in [-0.05, 0) is 49.4 Å². The minimum Gasteiger partial charge on any atom is -0.492 e. The molecule has 0 fully saturated rings. The Hall–Kier alpha value is -2.17. The van der Waals surface area contributed by atoms with Crippen LogP contribution >= 0.6 is 11.8 Å². The van der Waals surface area contributed by atoms with Crippen molar-refractivity contribution in [1.29, 1.82) is 0 Å². The maximum absolute atomic E-state index is 12.8. The molecule has 0 aliphatic carbocycles. The van der Waals surface area contributed by atoms with Gasteiger partial charge in [-0.3, -0.25) is 4.79 Å². The smallest absolute Gasteiger partial charge is 0.288 e. The second kappa shape index (κ2) is 10.7. The van der Waals surface area contributed by atoms with Crippen molar-refractivity contribution < 1.29 is 26.7 Å². The second-order valence-electron chi connectivity index (χ2n) is 6.04. The van der Waals surface area contributed by atoms with Crippen molar-refractivity contribution in [3.8, 4) is 5.75 Å². The van der Waals surface area contributed by atoms with Gasteiger partial charge in [0.05, 0.1) is 17.2 Å². The molecular weight excluding hydrogens is 434 g/mol. The van der Waals surface area contributed by atoms with E-state index in [9.17, 15) is 22.0 Å². The van der Waals surface area contributed by atoms with Gasteiger partial charge in [-0.1, -0.05) is 25.6 Å². The quantitative estimate of drug-likeness (QED) is 0.523. The Morgan fingerprint density at radius 1 is 1.10 bits per heavy atom. The van der Waals surface area contributed by atoms with Gasteiger partial charge in [0, 0.05) is 23.5 Å². The molecular formula is C20H24F2N2O4S2. The number of amides is 1. The summed E-state index contributed by atoms with van der Waals surface area (Å²) in [5.74, 6) is -2.73. The number of sulfonamides is 1. The number of anilines is 1. The summed E-state index contributed by atoms with van der Waals surface area (Å²) in [6.07, 6.45) is 0. The largest absolute Gasteiger partial charge is 0.492 e. The van der Waals surface area contributed by atoms with E-state index >= 15 is 0 Å². The fourth-order valence-corrected chi connectivity index (χ4v) is 4.73. The number of hydrogen-bond donors (Lipinski definition) is 1. The number of nitrogens with one attached hydrogen (secondary N) is 1. The Kier molecular flexibility index (Phi) is 8.63. The van der Waals surface area contributed by atoms with E-state index in [1.165, 1.54) is 46.8 Å². The van der Waals surface area contributed by atoms with E-state index in [0.29, 0.717) is 42.1 Å². The van der Waals surface area contributed by atoms with Crippen LogP contribution in [0, 0.1) is 0 Å². The zero-order chi connectivity index (χ0) is 22.3. The van der Waals surface area contributed by atoms with Gasteiger partial charge in [0.25, 0.3) is 11.7 Å². The molecule has 0 aliphatic heterocycles. The minimum absolute atomic E-state index is 0.0358. The number of carbonyl (C=O) groups excluding carboxylic acids is 1. The minimum atomic E-state index is -3.72. The highest BCUT2D eigenvalue weighted by molar-refractivity contribution is 7.99. The molecule has 6 nitrogen and oxygen atoms in total. The Bertz CT molecular complexity index is 963. The highest BCUT2D eigenvalue weighted by atomic mass is 32.2. The maximum atomic E-state index is 12.8. The molecule has 0 spiro atoms. The van der Waals surface area contributed by atoms with Gasteiger partial charge < -0.3 is 10.1 Å². The zero-order valence-electron chi connectivity index (χ0n) is 16.9. The molecule has 2 aromatic carbocycles. The van der Waals surface area contributed by atoms with Crippen LogP contribution in [-0.2, 0) is 10.0 Å². The molecule has 0 bridgehead atoms. The van der Waals surface area contributed by atoms with E-state index in [-0.39, 0.29) is 16.1 Å². The number of halogens is 2. The van der Waals surface area contributed by atoms with Crippen LogP contribution in [-0.4, -0.2) is 44.1 Å². The molecule has 2 aromatic rings. The lowest BCUT2D eigenvalue weighted by Gasteiger charge is -2.20. The summed E-state index contributed by atoms with van der Waals surface area (Å²) in [7, 11) is -3.72. The summed E-state index contributed by atoms with van der Waals surface area (Å²) < 4.78 is 57.3. The van der Waals surface area contributed by atoms with E-state index in [1.54, 1.807) is 20.8 Å². The zero-order valence-corrected chi connectivity index (χ0v) is 18.5. The summed E-state index contributed by atoms with van der Waals surface area (Å²) in [6.45, 7) is 6.21. The Morgan fingerprint density at radius 3 is 2.27 bits per heavy atom. The summed E-state index contributed by atoms with van der Waals surface area (Å²) >= 11 is 0.387. The fraction of sp³-hybridized carbons (Fsp3) is 0.350. The molecule has 30 heavy (non-hydrogen) atoms. The molecule has 0 unspecified atom stereocenters. The van der Waals surface area contributed by atoms with Crippen molar-refractivity contribution >= 4 is 33.4 Å². The van der Waals surface area contributed by atoms with Crippen LogP contribution in [0.5, 0.6) is 5.75 Å². The van der Waals surface area contributed by atoms with Crippen LogP contribution in [0.3, 0.4) is 0 Å². The molecule has 1 amide bonds. The van der Waals surface area contributed by atoms with Crippen LogP contribution in [0.1, 0.15) is 31.1 Å². The molecule has 0 heterocycles. The molecule has 10 heteroatoms. The van der Waals surface area contributed by atoms with Gasteiger partial charge in [0.15, 0.2) is 0 Å². The van der Waals surface area contributed by atoms with Crippen molar-refractivity contribution in [3.63, 3.8) is 0 Å². The third kappa shape index (κ3) is 5.93. The van der Waals surface area contributed by atoms with Gasteiger partial charge in [0.2, 0.25) is 10.0 Å². The van der Waals surface area contributed by atoms with E-state index in [4.69, 9.17) is 4.74 Å². The number of ether oxygens (including phenoxy) is 1. The molecule has 0 aliphatic rings. The van der Waals surface area contributed by atoms with Crippen LogP contribution in [0.25, 0.3) is 0 Å². The van der Waals surface area contributed by atoms with Crippen LogP contribution < -0.4 is 10.1 Å². The van der Waals surface area contributed by atoms with Gasteiger partial charge in [-0.2, -0.15) is 13.1 Å². The average Bonchev–Trinajstić information content (AvgIpc) is 2.70. The molecule has 0 aromatic heterocycles. The van der Waals surface area contributed by atoms with Gasteiger partial charge >= 0.3 is 0 Å². The topological polar surface area (TPSA) is 75.7 Å². The monoisotopic (exact) mass is 458 g/mol. The van der Waals surface area contributed by atoms with Crippen molar-refractivity contribution in [1.82, 2.24) is 4.31 Å². The molecule has 1 N–H and O–H groups in total. The predicted octanol–water partition coefficient (Wildman–Crippen LogP) is 4.68.